The van der Waals surface area contributed by atoms with Gasteiger partial charge in [-0.3, -0.25) is 14.5 Å². The molecule has 158 valence electrons. The van der Waals surface area contributed by atoms with Crippen molar-refractivity contribution in [3.63, 3.8) is 0 Å². The van der Waals surface area contributed by atoms with Crippen LogP contribution in [0, 0.1) is 5.92 Å². The Bertz CT molecular complexity index is 488. The lowest BCUT2D eigenvalue weighted by molar-refractivity contribution is -0.144. The van der Waals surface area contributed by atoms with Gasteiger partial charge in [0.25, 0.3) is 0 Å². The number of carbonyl (C=O) groups is 2. The van der Waals surface area contributed by atoms with Crippen LogP contribution in [0.2, 0.25) is 0 Å². The molecule has 0 bridgehead atoms. The summed E-state index contributed by atoms with van der Waals surface area (Å²) in [6.07, 6.45) is 7.56. The van der Waals surface area contributed by atoms with E-state index in [1.54, 1.807) is 0 Å². The molecule has 27 heavy (non-hydrogen) atoms. The molecule has 6 nitrogen and oxygen atoms in total. The number of carbonyl (C=O) groups excluding carboxylic acids is 2. The Hall–Kier alpha value is -0.560. The molecule has 3 aliphatic rings. The molecule has 3 fully saturated rings. The van der Waals surface area contributed by atoms with Crippen LogP contribution in [0.15, 0.2) is 0 Å². The van der Waals surface area contributed by atoms with E-state index in [0.29, 0.717) is 31.0 Å². The van der Waals surface area contributed by atoms with Gasteiger partial charge in [0.05, 0.1) is 6.54 Å². The topological polar surface area (TPSA) is 55.9 Å². The average molecular weight is 423 g/mol. The first-order valence-corrected chi connectivity index (χ1v) is 10.0. The van der Waals surface area contributed by atoms with E-state index in [0.717, 1.165) is 39.0 Å². The number of fused-ring (bicyclic) bond motifs is 1. The van der Waals surface area contributed by atoms with Crippen LogP contribution in [0.5, 0.6) is 0 Å². The predicted molar refractivity (Wildman–Crippen MR) is 113 cm³/mol. The maximum atomic E-state index is 12.8. The van der Waals surface area contributed by atoms with Crippen molar-refractivity contribution in [2.75, 3.05) is 46.8 Å². The number of piperidine rings is 2. The Balaban J connectivity index is 0.00000182. The van der Waals surface area contributed by atoms with Crippen molar-refractivity contribution in [2.24, 2.45) is 5.92 Å². The molecule has 2 saturated heterocycles. The van der Waals surface area contributed by atoms with E-state index in [1.807, 2.05) is 7.05 Å². The number of nitrogens with one attached hydrogen (secondary N) is 1. The lowest BCUT2D eigenvalue weighted by Crippen LogP contribution is -2.58. The highest BCUT2D eigenvalue weighted by molar-refractivity contribution is 5.85. The van der Waals surface area contributed by atoms with Gasteiger partial charge in [-0.05, 0) is 45.7 Å². The first-order chi connectivity index (χ1) is 12.1. The average Bonchev–Trinajstić information content (AvgIpc) is 3.15. The molecule has 0 aromatic carbocycles. The molecule has 0 aromatic rings. The van der Waals surface area contributed by atoms with Crippen molar-refractivity contribution in [1.29, 1.82) is 0 Å². The van der Waals surface area contributed by atoms with Crippen LogP contribution < -0.4 is 5.32 Å². The number of likely N-dealkylation sites (tertiary alicyclic amines) is 2. The highest BCUT2D eigenvalue weighted by Gasteiger charge is 2.40. The molecular weight excluding hydrogens is 387 g/mol. The van der Waals surface area contributed by atoms with E-state index in [-0.39, 0.29) is 36.6 Å². The molecule has 1 saturated carbocycles. The molecule has 0 spiro atoms. The minimum absolute atomic E-state index is 0. The Morgan fingerprint density at radius 1 is 1.19 bits per heavy atom. The standard InChI is InChI=1S/C19H34N4O2.2ClH/c1-20-10-12-23-17-9-11-22(13-15(17)7-8-18(23)24)19(25)14-21(2)16-5-3-4-6-16;;/h15-17,20H,3-14H2,1-2H3;2*1H/t15-,17+;;/m0../s1. The van der Waals surface area contributed by atoms with Gasteiger partial charge in [-0.25, -0.2) is 0 Å². The van der Waals surface area contributed by atoms with E-state index >= 15 is 0 Å². The van der Waals surface area contributed by atoms with Gasteiger partial charge in [-0.15, -0.1) is 24.8 Å². The lowest BCUT2D eigenvalue weighted by atomic mass is 9.83. The van der Waals surface area contributed by atoms with Crippen molar-refractivity contribution in [3.8, 4) is 0 Å². The van der Waals surface area contributed by atoms with Crippen LogP contribution in [-0.4, -0.2) is 85.4 Å². The number of hydrogen-bond acceptors (Lipinski definition) is 4. The van der Waals surface area contributed by atoms with Crippen LogP contribution in [-0.2, 0) is 9.59 Å². The van der Waals surface area contributed by atoms with Gasteiger partial charge in [0, 0.05) is 44.7 Å². The zero-order valence-corrected chi connectivity index (χ0v) is 18.3. The van der Waals surface area contributed by atoms with Crippen molar-refractivity contribution < 1.29 is 9.59 Å². The van der Waals surface area contributed by atoms with Crippen molar-refractivity contribution in [2.45, 2.75) is 57.0 Å². The van der Waals surface area contributed by atoms with Crippen LogP contribution in [0.25, 0.3) is 0 Å². The summed E-state index contributed by atoms with van der Waals surface area (Å²) < 4.78 is 0. The minimum atomic E-state index is 0. The van der Waals surface area contributed by atoms with E-state index in [4.69, 9.17) is 0 Å². The molecule has 2 atom stereocenters. The second kappa shape index (κ2) is 11.4. The van der Waals surface area contributed by atoms with Crippen LogP contribution in [0.1, 0.15) is 44.9 Å². The summed E-state index contributed by atoms with van der Waals surface area (Å²) in [5, 5.41) is 3.14. The molecular formula is C19H36Cl2N4O2. The minimum Gasteiger partial charge on any atom is -0.341 e. The number of amides is 2. The second-order valence-corrected chi connectivity index (χ2v) is 8.04. The summed E-state index contributed by atoms with van der Waals surface area (Å²) in [7, 11) is 4.02. The SMILES string of the molecule is CNCCN1C(=O)CC[C@H]2CN(C(=O)CN(C)C3CCCC3)CC[C@H]21.Cl.Cl. The molecule has 2 heterocycles. The number of likely N-dealkylation sites (N-methyl/N-ethyl adjacent to an activating group) is 2. The fourth-order valence-electron chi connectivity index (χ4n) is 4.89. The Morgan fingerprint density at radius 3 is 2.56 bits per heavy atom. The highest BCUT2D eigenvalue weighted by atomic mass is 35.5. The van der Waals surface area contributed by atoms with Crippen molar-refractivity contribution in [3.05, 3.63) is 0 Å². The smallest absolute Gasteiger partial charge is 0.236 e. The molecule has 2 aliphatic heterocycles. The summed E-state index contributed by atoms with van der Waals surface area (Å²) in [6.45, 7) is 3.79. The van der Waals surface area contributed by atoms with Crippen LogP contribution >= 0.6 is 24.8 Å². The normalized spacial score (nSPS) is 25.8. The van der Waals surface area contributed by atoms with Gasteiger partial charge in [-0.1, -0.05) is 12.8 Å². The molecule has 0 unspecified atom stereocenters. The molecule has 0 aromatic heterocycles. The molecule has 2 amide bonds. The van der Waals surface area contributed by atoms with Crippen molar-refractivity contribution in [1.82, 2.24) is 20.0 Å². The maximum absolute atomic E-state index is 12.8. The Kier molecular flexibility index (Phi) is 10.4. The number of rotatable bonds is 6. The van der Waals surface area contributed by atoms with E-state index in [1.165, 1.54) is 25.7 Å². The van der Waals surface area contributed by atoms with Gasteiger partial charge in [0.15, 0.2) is 0 Å². The molecule has 1 N–H and O–H groups in total. The third kappa shape index (κ3) is 5.96. The van der Waals surface area contributed by atoms with E-state index in [9.17, 15) is 9.59 Å². The molecule has 8 heteroatoms. The third-order valence-electron chi connectivity index (χ3n) is 6.43. The predicted octanol–water partition coefficient (Wildman–Crippen LogP) is 1.76. The fourth-order valence-corrected chi connectivity index (χ4v) is 4.89. The Morgan fingerprint density at radius 2 is 1.89 bits per heavy atom. The van der Waals surface area contributed by atoms with Crippen LogP contribution in [0.3, 0.4) is 0 Å². The molecule has 3 rings (SSSR count). The number of hydrogen-bond donors (Lipinski definition) is 1. The number of nitrogens with zero attached hydrogens (tertiary/aromatic N) is 3. The van der Waals surface area contributed by atoms with Gasteiger partial charge >= 0.3 is 0 Å². The zero-order valence-electron chi connectivity index (χ0n) is 16.7. The maximum Gasteiger partial charge on any atom is 0.236 e. The zero-order chi connectivity index (χ0) is 17.8. The van der Waals surface area contributed by atoms with Crippen molar-refractivity contribution >= 4 is 36.6 Å². The van der Waals surface area contributed by atoms with E-state index in [2.05, 4.69) is 27.1 Å². The fraction of sp³-hybridized carbons (Fsp3) is 0.895. The van der Waals surface area contributed by atoms with E-state index < -0.39 is 0 Å². The van der Waals surface area contributed by atoms with Gasteiger partial charge < -0.3 is 15.1 Å². The monoisotopic (exact) mass is 422 g/mol. The third-order valence-corrected chi connectivity index (χ3v) is 6.43. The summed E-state index contributed by atoms with van der Waals surface area (Å²) in [6, 6.07) is 0.914. The van der Waals surface area contributed by atoms with Gasteiger partial charge in [0.1, 0.15) is 0 Å². The molecule has 1 aliphatic carbocycles. The van der Waals surface area contributed by atoms with Gasteiger partial charge in [0.2, 0.25) is 11.8 Å². The highest BCUT2D eigenvalue weighted by Crippen LogP contribution is 2.31. The second-order valence-electron chi connectivity index (χ2n) is 8.04. The quantitative estimate of drug-likeness (QED) is 0.708. The summed E-state index contributed by atoms with van der Waals surface area (Å²) in [5.74, 6) is 1.01. The number of halogens is 2. The first kappa shape index (κ1) is 24.5. The largest absolute Gasteiger partial charge is 0.341 e. The summed E-state index contributed by atoms with van der Waals surface area (Å²) in [4.78, 5) is 31.4. The molecule has 0 radical (unpaired) electrons. The van der Waals surface area contributed by atoms with Gasteiger partial charge in [-0.2, -0.15) is 0 Å². The van der Waals surface area contributed by atoms with Crippen LogP contribution in [0.4, 0.5) is 0 Å². The first-order valence-electron chi connectivity index (χ1n) is 10.0. The Labute approximate surface area is 176 Å². The lowest BCUT2D eigenvalue weighted by Gasteiger charge is -2.47. The summed E-state index contributed by atoms with van der Waals surface area (Å²) >= 11 is 0. The summed E-state index contributed by atoms with van der Waals surface area (Å²) in [5.41, 5.74) is 0.